The van der Waals surface area contributed by atoms with Crippen molar-refractivity contribution in [2.24, 2.45) is 34.5 Å². The predicted molar refractivity (Wildman–Crippen MR) is 96.6 cm³/mol. The van der Waals surface area contributed by atoms with Crippen LogP contribution >= 0.6 is 0 Å². The number of hydrogen-bond donors (Lipinski definition) is 1. The number of halogens is 1. The van der Waals surface area contributed by atoms with Crippen molar-refractivity contribution in [2.45, 2.75) is 59.2 Å². The summed E-state index contributed by atoms with van der Waals surface area (Å²) in [6, 6.07) is 0. The van der Waals surface area contributed by atoms with Gasteiger partial charge in [0.2, 0.25) is 0 Å². The molecule has 3 saturated carbocycles. The highest BCUT2D eigenvalue weighted by Crippen LogP contribution is 2.68. The molecule has 0 aromatic rings. The largest absolute Gasteiger partial charge is 0.390 e. The zero-order valence-corrected chi connectivity index (χ0v) is 15.7. The normalized spacial score (nSPS) is 52.1. The molecule has 25 heavy (non-hydrogen) atoms. The van der Waals surface area contributed by atoms with E-state index in [9.17, 15) is 14.3 Å². The standard InChI is InChI=1S/C22H29FO2/c1-11-8-14(24)9-16-12(2)13(3)19-15(22(11,16)5)6-7-21(4)17(19)10-18(23)20(21)25/h8-9,13,15,17-20,25H,2,6-7,10H2,1,3-5H3/t13?,15-,17-,18?,19+,20-,21-,22+/m0/s1. The molecule has 2 unspecified atom stereocenters. The van der Waals surface area contributed by atoms with E-state index in [4.69, 9.17) is 0 Å². The van der Waals surface area contributed by atoms with E-state index in [-0.39, 0.29) is 28.4 Å². The first-order valence-corrected chi connectivity index (χ1v) is 9.58. The van der Waals surface area contributed by atoms with Gasteiger partial charge in [-0.25, -0.2) is 4.39 Å². The van der Waals surface area contributed by atoms with Gasteiger partial charge in [-0.1, -0.05) is 32.9 Å². The lowest BCUT2D eigenvalue weighted by Gasteiger charge is -2.60. The number of carbonyl (C=O) groups excluding carboxylic acids is 1. The Hall–Kier alpha value is -1.22. The van der Waals surface area contributed by atoms with Crippen molar-refractivity contribution in [1.29, 1.82) is 0 Å². The van der Waals surface area contributed by atoms with Crippen molar-refractivity contribution >= 4 is 5.78 Å². The minimum atomic E-state index is -1.12. The number of rotatable bonds is 0. The van der Waals surface area contributed by atoms with Crippen LogP contribution < -0.4 is 0 Å². The highest BCUT2D eigenvalue weighted by molar-refractivity contribution is 6.02. The van der Waals surface area contributed by atoms with Crippen molar-refractivity contribution in [3.05, 3.63) is 35.5 Å². The Balaban J connectivity index is 1.84. The molecule has 0 spiro atoms. The topological polar surface area (TPSA) is 37.3 Å². The number of alkyl halides is 1. The minimum absolute atomic E-state index is 0.0533. The molecule has 1 N–H and O–H groups in total. The first-order chi connectivity index (χ1) is 11.6. The van der Waals surface area contributed by atoms with Gasteiger partial charge in [-0.3, -0.25) is 4.79 Å². The average molecular weight is 344 g/mol. The second-order valence-corrected chi connectivity index (χ2v) is 9.34. The van der Waals surface area contributed by atoms with Crippen molar-refractivity contribution in [1.82, 2.24) is 0 Å². The fraction of sp³-hybridized carbons (Fsp3) is 0.682. The SMILES string of the molecule is C=C1C2=CC(=O)C=C(C)[C@]2(C)[C@H]2CC[C@]3(C)[C@@H](O)C(F)C[C@H]3[C@@H]2C1C. The maximum Gasteiger partial charge on any atom is 0.178 e. The Labute approximate surface area is 149 Å². The van der Waals surface area contributed by atoms with E-state index < -0.39 is 12.3 Å². The summed E-state index contributed by atoms with van der Waals surface area (Å²) in [6.45, 7) is 12.9. The third kappa shape index (κ3) is 1.96. The number of carbonyl (C=O) groups is 1. The van der Waals surface area contributed by atoms with E-state index in [1.807, 2.05) is 0 Å². The zero-order valence-electron chi connectivity index (χ0n) is 15.7. The molecule has 3 heteroatoms. The van der Waals surface area contributed by atoms with Gasteiger partial charge in [-0.15, -0.1) is 0 Å². The van der Waals surface area contributed by atoms with Crippen LogP contribution in [0.3, 0.4) is 0 Å². The Bertz CT molecular complexity index is 720. The van der Waals surface area contributed by atoms with Gasteiger partial charge in [-0.05, 0) is 78.6 Å². The van der Waals surface area contributed by atoms with E-state index in [2.05, 4.69) is 34.3 Å². The maximum atomic E-state index is 14.5. The molecule has 3 fully saturated rings. The summed E-state index contributed by atoms with van der Waals surface area (Å²) < 4.78 is 14.5. The highest BCUT2D eigenvalue weighted by atomic mass is 19.1. The predicted octanol–water partition coefficient (Wildman–Crippen LogP) is 4.41. The first-order valence-electron chi connectivity index (χ1n) is 9.58. The second-order valence-electron chi connectivity index (χ2n) is 9.34. The third-order valence-corrected chi connectivity index (χ3v) is 8.51. The van der Waals surface area contributed by atoms with Crippen LogP contribution in [0.5, 0.6) is 0 Å². The number of ketones is 1. The molecule has 0 aromatic carbocycles. The second kappa shape index (κ2) is 5.16. The van der Waals surface area contributed by atoms with Crippen molar-refractivity contribution in [3.8, 4) is 0 Å². The van der Waals surface area contributed by atoms with Gasteiger partial charge in [-0.2, -0.15) is 0 Å². The molecule has 0 saturated heterocycles. The lowest BCUT2D eigenvalue weighted by Crippen LogP contribution is -2.54. The van der Waals surface area contributed by atoms with E-state index in [0.29, 0.717) is 18.3 Å². The van der Waals surface area contributed by atoms with Crippen LogP contribution in [0.25, 0.3) is 0 Å². The number of aliphatic hydroxyl groups is 1. The molecular weight excluding hydrogens is 315 g/mol. The number of allylic oxidation sites excluding steroid dienone is 5. The smallest absolute Gasteiger partial charge is 0.178 e. The van der Waals surface area contributed by atoms with Gasteiger partial charge >= 0.3 is 0 Å². The fourth-order valence-corrected chi connectivity index (χ4v) is 6.82. The molecule has 0 aromatic heterocycles. The first kappa shape index (κ1) is 17.2. The fourth-order valence-electron chi connectivity index (χ4n) is 6.82. The zero-order chi connectivity index (χ0) is 18.3. The van der Waals surface area contributed by atoms with E-state index in [1.54, 1.807) is 12.2 Å². The van der Waals surface area contributed by atoms with Gasteiger partial charge in [0.05, 0.1) is 6.10 Å². The van der Waals surface area contributed by atoms with Gasteiger partial charge in [0, 0.05) is 5.41 Å². The van der Waals surface area contributed by atoms with Crippen LogP contribution in [-0.2, 0) is 4.79 Å². The van der Waals surface area contributed by atoms with Crippen LogP contribution in [0.1, 0.15) is 47.0 Å². The highest BCUT2D eigenvalue weighted by Gasteiger charge is 2.63. The van der Waals surface area contributed by atoms with E-state index >= 15 is 0 Å². The monoisotopic (exact) mass is 344 g/mol. The van der Waals surface area contributed by atoms with E-state index in [0.717, 1.165) is 29.6 Å². The van der Waals surface area contributed by atoms with Crippen LogP contribution in [0.2, 0.25) is 0 Å². The average Bonchev–Trinajstić information content (AvgIpc) is 2.78. The molecule has 4 aliphatic carbocycles. The molecule has 0 bridgehead atoms. The van der Waals surface area contributed by atoms with Crippen LogP contribution in [0, 0.1) is 34.5 Å². The number of hydrogen-bond acceptors (Lipinski definition) is 2. The van der Waals surface area contributed by atoms with Gasteiger partial charge in [0.1, 0.15) is 6.17 Å². The minimum Gasteiger partial charge on any atom is -0.390 e. The summed E-state index contributed by atoms with van der Waals surface area (Å²) >= 11 is 0. The Morgan fingerprint density at radius 1 is 1.28 bits per heavy atom. The molecule has 8 atom stereocenters. The van der Waals surface area contributed by atoms with Crippen LogP contribution in [0.4, 0.5) is 4.39 Å². The molecule has 4 aliphatic rings. The summed E-state index contributed by atoms with van der Waals surface area (Å²) in [5.74, 6) is 1.12. The van der Waals surface area contributed by atoms with Crippen molar-refractivity contribution in [3.63, 3.8) is 0 Å². The van der Waals surface area contributed by atoms with Crippen molar-refractivity contribution in [2.75, 3.05) is 0 Å². The summed E-state index contributed by atoms with van der Waals surface area (Å²) in [5, 5.41) is 10.5. The van der Waals surface area contributed by atoms with Gasteiger partial charge in [0.15, 0.2) is 5.78 Å². The summed E-state index contributed by atoms with van der Waals surface area (Å²) in [4.78, 5) is 12.1. The number of fused-ring (bicyclic) bond motifs is 5. The molecule has 136 valence electrons. The number of aliphatic hydroxyl groups excluding tert-OH is 1. The van der Waals surface area contributed by atoms with Crippen LogP contribution in [0.15, 0.2) is 35.5 Å². The summed E-state index contributed by atoms with van der Waals surface area (Å²) in [6.07, 6.45) is 3.83. The Morgan fingerprint density at radius 3 is 2.64 bits per heavy atom. The quantitative estimate of drug-likeness (QED) is 0.707. The lowest BCUT2D eigenvalue weighted by molar-refractivity contribution is -0.111. The van der Waals surface area contributed by atoms with Crippen molar-refractivity contribution < 1.29 is 14.3 Å². The molecular formula is C22H29FO2. The van der Waals surface area contributed by atoms with E-state index in [1.165, 1.54) is 0 Å². The molecule has 0 heterocycles. The maximum absolute atomic E-state index is 14.5. The molecule has 4 rings (SSSR count). The Kier molecular flexibility index (Phi) is 3.55. The summed E-state index contributed by atoms with van der Waals surface area (Å²) in [7, 11) is 0. The third-order valence-electron chi connectivity index (χ3n) is 8.51. The molecule has 0 aliphatic heterocycles. The summed E-state index contributed by atoms with van der Waals surface area (Å²) in [5.41, 5.74) is 2.70. The van der Waals surface area contributed by atoms with Crippen LogP contribution in [-0.4, -0.2) is 23.2 Å². The lowest BCUT2D eigenvalue weighted by atomic mass is 9.44. The van der Waals surface area contributed by atoms with Gasteiger partial charge in [0.25, 0.3) is 0 Å². The Morgan fingerprint density at radius 2 is 1.96 bits per heavy atom. The van der Waals surface area contributed by atoms with Gasteiger partial charge < -0.3 is 5.11 Å². The molecule has 0 radical (unpaired) electrons. The molecule has 2 nitrogen and oxygen atoms in total. The molecule has 0 amide bonds.